The van der Waals surface area contributed by atoms with Gasteiger partial charge in [0.15, 0.2) is 8.32 Å². The summed E-state index contributed by atoms with van der Waals surface area (Å²) in [6.45, 7) is 16.7. The molecule has 7 nitrogen and oxygen atoms in total. The van der Waals surface area contributed by atoms with E-state index in [4.69, 9.17) is 14.3 Å². The largest absolute Gasteiger partial charge is 0.444 e. The van der Waals surface area contributed by atoms with E-state index < -0.39 is 32.2 Å². The number of ether oxygens (including phenoxy) is 1. The number of rotatable bonds is 5. The molecular formula is C18H39NO6Si. The number of hydrogen-bond acceptors (Lipinski definition) is 5. The fourth-order valence-corrected chi connectivity index (χ4v) is 4.08. The zero-order valence-electron chi connectivity index (χ0n) is 17.6. The molecule has 0 saturated carbocycles. The summed E-state index contributed by atoms with van der Waals surface area (Å²) in [5.41, 5.74) is -0.595. The summed E-state index contributed by atoms with van der Waals surface area (Å²) in [6.07, 6.45) is -0.544. The highest BCUT2D eigenvalue weighted by atomic mass is 28.4. The van der Waals surface area contributed by atoms with Crippen molar-refractivity contribution in [2.45, 2.75) is 96.4 Å². The highest BCUT2D eigenvalue weighted by molar-refractivity contribution is 6.74. The molecule has 0 unspecified atom stereocenters. The first-order valence-electron chi connectivity index (χ1n) is 9.14. The van der Waals surface area contributed by atoms with Crippen LogP contribution in [0.4, 0.5) is 4.79 Å². The van der Waals surface area contributed by atoms with Crippen molar-refractivity contribution >= 4 is 14.4 Å². The molecule has 1 rings (SSSR count). The van der Waals surface area contributed by atoms with E-state index in [2.05, 4.69) is 33.9 Å². The number of likely N-dealkylation sites (tertiary alicyclic amines) is 1. The quantitative estimate of drug-likeness (QED) is 0.696. The molecule has 0 aliphatic carbocycles. The summed E-state index contributed by atoms with van der Waals surface area (Å²) in [5, 5.41) is 19.6. The predicted molar refractivity (Wildman–Crippen MR) is 105 cm³/mol. The molecule has 1 fully saturated rings. The first-order chi connectivity index (χ1) is 11.2. The monoisotopic (exact) mass is 393 g/mol. The second kappa shape index (κ2) is 9.01. The van der Waals surface area contributed by atoms with Crippen molar-refractivity contribution in [3.05, 3.63) is 0 Å². The lowest BCUT2D eigenvalue weighted by atomic mass is 10.1. The molecule has 0 radical (unpaired) electrons. The average molecular weight is 394 g/mol. The molecule has 1 aliphatic rings. The number of aliphatic hydroxyl groups is 2. The van der Waals surface area contributed by atoms with Crippen LogP contribution in [0.5, 0.6) is 0 Å². The Morgan fingerprint density at radius 1 is 1.23 bits per heavy atom. The molecule has 0 bridgehead atoms. The van der Waals surface area contributed by atoms with E-state index in [1.165, 1.54) is 0 Å². The standard InChI is InChI=1S/C18H37NO5Si.H2O/c1-17(2,3)23-16(22)19-12-13(11-14(19)15(21)9-10-20)24-25(7,8)18(4,5)6;/h13-15,20-21H,9-12H2,1-8H3;1H2/t13-,14+,15-;/m1./s1. The van der Waals surface area contributed by atoms with Gasteiger partial charge in [0.1, 0.15) is 5.60 Å². The number of carbonyl (C=O) groups excluding carboxylic acids is 1. The van der Waals surface area contributed by atoms with E-state index in [1.54, 1.807) is 4.90 Å². The van der Waals surface area contributed by atoms with Crippen LogP contribution in [0.2, 0.25) is 18.1 Å². The lowest BCUT2D eigenvalue weighted by Gasteiger charge is -2.38. The molecule has 0 aromatic heterocycles. The third-order valence-corrected chi connectivity index (χ3v) is 9.60. The van der Waals surface area contributed by atoms with Gasteiger partial charge in [0, 0.05) is 13.2 Å². The first kappa shape index (κ1) is 25.3. The van der Waals surface area contributed by atoms with Gasteiger partial charge >= 0.3 is 6.09 Å². The molecule has 4 N–H and O–H groups in total. The molecule has 1 aliphatic heterocycles. The number of nitrogens with zero attached hydrogens (tertiary/aromatic N) is 1. The van der Waals surface area contributed by atoms with Gasteiger partial charge in [0.05, 0.1) is 18.2 Å². The van der Waals surface area contributed by atoms with Crippen molar-refractivity contribution < 1.29 is 29.6 Å². The third-order valence-electron chi connectivity index (χ3n) is 5.07. The molecule has 0 aromatic carbocycles. The van der Waals surface area contributed by atoms with Gasteiger partial charge in [-0.1, -0.05) is 20.8 Å². The molecule has 26 heavy (non-hydrogen) atoms. The first-order valence-corrected chi connectivity index (χ1v) is 12.0. The average Bonchev–Trinajstić information content (AvgIpc) is 2.79. The summed E-state index contributed by atoms with van der Waals surface area (Å²) >= 11 is 0. The molecule has 3 atom stereocenters. The van der Waals surface area contributed by atoms with E-state index in [0.717, 1.165) is 0 Å². The Kier molecular flexibility index (Phi) is 8.78. The number of hydrogen-bond donors (Lipinski definition) is 2. The van der Waals surface area contributed by atoms with Crippen molar-refractivity contribution in [1.82, 2.24) is 4.90 Å². The fourth-order valence-electron chi connectivity index (χ4n) is 2.72. The lowest BCUT2D eigenvalue weighted by molar-refractivity contribution is 0.000847. The zero-order chi connectivity index (χ0) is 19.6. The minimum Gasteiger partial charge on any atom is -0.444 e. The Balaban J connectivity index is 0.00000625. The van der Waals surface area contributed by atoms with Crippen LogP contribution >= 0.6 is 0 Å². The highest BCUT2D eigenvalue weighted by Gasteiger charge is 2.46. The topological polar surface area (TPSA) is 111 Å². The van der Waals surface area contributed by atoms with Crippen LogP contribution < -0.4 is 0 Å². The Hall–Kier alpha value is -0.673. The van der Waals surface area contributed by atoms with Gasteiger partial charge in [-0.2, -0.15) is 0 Å². The van der Waals surface area contributed by atoms with Crippen LogP contribution in [-0.4, -0.2) is 72.0 Å². The third kappa shape index (κ3) is 6.81. The van der Waals surface area contributed by atoms with E-state index in [-0.39, 0.29) is 29.6 Å². The molecule has 1 saturated heterocycles. The molecular weight excluding hydrogens is 354 g/mol. The Morgan fingerprint density at radius 3 is 2.19 bits per heavy atom. The normalized spacial score (nSPS) is 22.8. The van der Waals surface area contributed by atoms with Crippen molar-refractivity contribution in [2.75, 3.05) is 13.2 Å². The molecule has 1 heterocycles. The van der Waals surface area contributed by atoms with Gasteiger partial charge in [-0.3, -0.25) is 4.90 Å². The second-order valence-corrected chi connectivity index (χ2v) is 14.3. The van der Waals surface area contributed by atoms with Crippen molar-refractivity contribution in [3.8, 4) is 0 Å². The van der Waals surface area contributed by atoms with Crippen LogP contribution in [0.15, 0.2) is 0 Å². The predicted octanol–water partition coefficient (Wildman–Crippen LogP) is 2.30. The molecule has 8 heteroatoms. The zero-order valence-corrected chi connectivity index (χ0v) is 18.6. The van der Waals surface area contributed by atoms with Crippen LogP contribution in [0.3, 0.4) is 0 Å². The molecule has 0 aromatic rings. The minimum atomic E-state index is -1.97. The van der Waals surface area contributed by atoms with Crippen LogP contribution in [0.1, 0.15) is 54.4 Å². The van der Waals surface area contributed by atoms with Gasteiger partial charge in [0.2, 0.25) is 0 Å². The SMILES string of the molecule is CC(C)(C)OC(=O)N1C[C@H](O[Si](C)(C)C(C)(C)C)C[C@H]1[C@H](O)CCO.O. The highest BCUT2D eigenvalue weighted by Crippen LogP contribution is 2.39. The maximum absolute atomic E-state index is 12.6. The maximum Gasteiger partial charge on any atom is 0.410 e. The van der Waals surface area contributed by atoms with E-state index in [1.807, 2.05) is 20.8 Å². The van der Waals surface area contributed by atoms with Gasteiger partial charge in [-0.05, 0) is 51.7 Å². The summed E-state index contributed by atoms with van der Waals surface area (Å²) in [6, 6.07) is -0.392. The summed E-state index contributed by atoms with van der Waals surface area (Å²) in [4.78, 5) is 14.1. The van der Waals surface area contributed by atoms with Gasteiger partial charge in [-0.25, -0.2) is 4.79 Å². The number of carbonyl (C=O) groups is 1. The summed E-state index contributed by atoms with van der Waals surface area (Å²) in [5.74, 6) is 0. The van der Waals surface area contributed by atoms with Gasteiger partial charge < -0.3 is 24.9 Å². The lowest BCUT2D eigenvalue weighted by Crippen LogP contribution is -2.46. The van der Waals surface area contributed by atoms with Crippen LogP contribution in [0, 0.1) is 0 Å². The molecule has 156 valence electrons. The Labute approximate surface area is 159 Å². The molecule has 0 spiro atoms. The maximum atomic E-state index is 12.6. The van der Waals surface area contributed by atoms with Crippen LogP contribution in [0.25, 0.3) is 0 Å². The number of aliphatic hydroxyl groups excluding tert-OH is 2. The number of amides is 1. The van der Waals surface area contributed by atoms with Gasteiger partial charge in [-0.15, -0.1) is 0 Å². The fraction of sp³-hybridized carbons (Fsp3) is 0.944. The van der Waals surface area contributed by atoms with Crippen molar-refractivity contribution in [2.24, 2.45) is 0 Å². The summed E-state index contributed by atoms with van der Waals surface area (Å²) < 4.78 is 11.9. The Bertz CT molecular complexity index is 458. The van der Waals surface area contributed by atoms with Crippen molar-refractivity contribution in [1.29, 1.82) is 0 Å². The van der Waals surface area contributed by atoms with Gasteiger partial charge in [0.25, 0.3) is 0 Å². The van der Waals surface area contributed by atoms with Crippen LogP contribution in [-0.2, 0) is 9.16 Å². The summed E-state index contributed by atoms with van der Waals surface area (Å²) in [7, 11) is -1.97. The van der Waals surface area contributed by atoms with E-state index >= 15 is 0 Å². The van der Waals surface area contributed by atoms with E-state index in [0.29, 0.717) is 13.0 Å². The van der Waals surface area contributed by atoms with Crippen molar-refractivity contribution in [3.63, 3.8) is 0 Å². The Morgan fingerprint density at radius 2 is 1.77 bits per heavy atom. The molecule has 1 amide bonds. The van der Waals surface area contributed by atoms with E-state index in [9.17, 15) is 9.90 Å². The smallest absolute Gasteiger partial charge is 0.410 e. The second-order valence-electron chi connectivity index (χ2n) is 9.52. The minimum absolute atomic E-state index is 0.